The number of nitrogens with zero attached hydrogens (tertiary/aromatic N) is 2. The summed E-state index contributed by atoms with van der Waals surface area (Å²) in [6.07, 6.45) is 6.26. The van der Waals surface area contributed by atoms with Crippen LogP contribution in [0.25, 0.3) is 0 Å². The molecule has 0 atom stereocenters. The van der Waals surface area contributed by atoms with Gasteiger partial charge in [0.1, 0.15) is 0 Å². The van der Waals surface area contributed by atoms with E-state index in [1.165, 1.54) is 17.8 Å². The molecule has 5 heteroatoms. The number of nitrogen functional groups attached to an aromatic ring is 1. The molecule has 0 aliphatic carbocycles. The molecular weight excluding hydrogens is 282 g/mol. The number of pyridine rings is 2. The zero-order chi connectivity index (χ0) is 12.7. The molecular formula is C12H14BrN3O. The van der Waals surface area contributed by atoms with E-state index in [9.17, 15) is 0 Å². The van der Waals surface area contributed by atoms with E-state index >= 15 is 0 Å². The summed E-state index contributed by atoms with van der Waals surface area (Å²) in [6, 6.07) is 5.54. The molecule has 17 heavy (non-hydrogen) atoms. The molecule has 2 aromatic rings. The number of hydrogen-bond acceptors (Lipinski definition) is 4. The topological polar surface area (TPSA) is 72.0 Å². The fourth-order valence-corrected chi connectivity index (χ4v) is 1.38. The van der Waals surface area contributed by atoms with Crippen LogP contribution in [-0.4, -0.2) is 15.1 Å². The average Bonchev–Trinajstić information content (AvgIpc) is 2.36. The second-order valence-corrected chi connectivity index (χ2v) is 4.18. The quantitative estimate of drug-likeness (QED) is 0.848. The maximum Gasteiger partial charge on any atom is 0.165 e. The zero-order valence-corrected chi connectivity index (χ0v) is 11.1. The van der Waals surface area contributed by atoms with Gasteiger partial charge in [0, 0.05) is 23.1 Å². The average molecular weight is 296 g/mol. The lowest BCUT2D eigenvalue weighted by molar-refractivity contribution is 0.475. The molecule has 0 saturated heterocycles. The SMILES string of the molecule is CCc1ccncc1.Nc1ncc(Br)cc1O. The van der Waals surface area contributed by atoms with Crippen LogP contribution in [-0.2, 0) is 6.42 Å². The van der Waals surface area contributed by atoms with Crippen molar-refractivity contribution >= 4 is 21.7 Å². The first kappa shape index (κ1) is 13.4. The van der Waals surface area contributed by atoms with Gasteiger partial charge in [0.2, 0.25) is 0 Å². The molecule has 0 bridgehead atoms. The van der Waals surface area contributed by atoms with Crippen LogP contribution >= 0.6 is 15.9 Å². The van der Waals surface area contributed by atoms with Crippen molar-refractivity contribution in [3.63, 3.8) is 0 Å². The van der Waals surface area contributed by atoms with E-state index < -0.39 is 0 Å². The fraction of sp³-hybridized carbons (Fsp3) is 0.167. The standard InChI is InChI=1S/C7H9N.C5H5BrN2O/c1-2-7-3-5-8-6-4-7;6-3-1-4(9)5(7)8-2-3/h3-6H,2H2,1H3;1-2,9H,(H2,7,8). The molecule has 2 heterocycles. The number of hydrogen-bond donors (Lipinski definition) is 2. The highest BCUT2D eigenvalue weighted by molar-refractivity contribution is 9.10. The minimum atomic E-state index is 0.00405. The van der Waals surface area contributed by atoms with Crippen molar-refractivity contribution in [2.45, 2.75) is 13.3 Å². The van der Waals surface area contributed by atoms with Crippen LogP contribution in [0.4, 0.5) is 5.82 Å². The number of nitrogens with two attached hydrogens (primary N) is 1. The Labute approximate surface area is 109 Å². The van der Waals surface area contributed by atoms with Gasteiger partial charge in [0.15, 0.2) is 11.6 Å². The van der Waals surface area contributed by atoms with E-state index in [0.29, 0.717) is 4.47 Å². The normalized spacial score (nSPS) is 9.29. The van der Waals surface area contributed by atoms with E-state index in [2.05, 4.69) is 32.8 Å². The van der Waals surface area contributed by atoms with Crippen molar-refractivity contribution in [2.75, 3.05) is 5.73 Å². The molecule has 4 nitrogen and oxygen atoms in total. The van der Waals surface area contributed by atoms with Gasteiger partial charge in [-0.3, -0.25) is 4.98 Å². The minimum Gasteiger partial charge on any atom is -0.504 e. The van der Waals surface area contributed by atoms with Gasteiger partial charge >= 0.3 is 0 Å². The van der Waals surface area contributed by atoms with Crippen LogP contribution in [0.15, 0.2) is 41.3 Å². The van der Waals surface area contributed by atoms with E-state index in [-0.39, 0.29) is 11.6 Å². The maximum atomic E-state index is 8.88. The highest BCUT2D eigenvalue weighted by Gasteiger charge is 1.95. The van der Waals surface area contributed by atoms with Crippen LogP contribution in [0, 0.1) is 0 Å². The number of rotatable bonds is 1. The number of aromatic nitrogens is 2. The van der Waals surface area contributed by atoms with Crippen molar-refractivity contribution in [1.29, 1.82) is 0 Å². The van der Waals surface area contributed by atoms with E-state index in [0.717, 1.165) is 6.42 Å². The predicted molar refractivity (Wildman–Crippen MR) is 71.6 cm³/mol. The highest BCUT2D eigenvalue weighted by atomic mass is 79.9. The second kappa shape index (κ2) is 6.85. The number of aromatic hydroxyl groups is 1. The Balaban J connectivity index is 0.000000171. The Hall–Kier alpha value is -1.62. The van der Waals surface area contributed by atoms with E-state index in [1.54, 1.807) is 0 Å². The second-order valence-electron chi connectivity index (χ2n) is 3.27. The molecule has 3 N–H and O–H groups in total. The molecule has 0 unspecified atom stereocenters. The molecule has 0 radical (unpaired) electrons. The van der Waals surface area contributed by atoms with Crippen molar-refractivity contribution in [3.05, 3.63) is 46.8 Å². The lowest BCUT2D eigenvalue weighted by Crippen LogP contribution is -1.88. The zero-order valence-electron chi connectivity index (χ0n) is 9.47. The van der Waals surface area contributed by atoms with Gasteiger partial charge in [-0.1, -0.05) is 6.92 Å². The molecule has 0 spiro atoms. The van der Waals surface area contributed by atoms with Crippen molar-refractivity contribution in [3.8, 4) is 5.75 Å². The summed E-state index contributed by atoms with van der Waals surface area (Å²) in [6.45, 7) is 2.13. The molecule has 2 aromatic heterocycles. The first-order chi connectivity index (χ1) is 8.13. The molecule has 0 aliphatic rings. The van der Waals surface area contributed by atoms with Gasteiger partial charge in [-0.05, 0) is 46.1 Å². The Morgan fingerprint density at radius 2 is 2.00 bits per heavy atom. The van der Waals surface area contributed by atoms with E-state index in [4.69, 9.17) is 10.8 Å². The number of aryl methyl sites for hydroxylation is 1. The first-order valence-electron chi connectivity index (χ1n) is 5.12. The fourth-order valence-electron chi connectivity index (χ4n) is 1.06. The van der Waals surface area contributed by atoms with Crippen molar-refractivity contribution in [2.24, 2.45) is 0 Å². The van der Waals surface area contributed by atoms with Crippen LogP contribution in [0.5, 0.6) is 5.75 Å². The third-order valence-corrected chi connectivity index (χ3v) is 2.46. The van der Waals surface area contributed by atoms with Crippen LogP contribution in [0.2, 0.25) is 0 Å². The molecule has 2 rings (SSSR count). The Morgan fingerprint density at radius 1 is 1.35 bits per heavy atom. The van der Waals surface area contributed by atoms with Gasteiger partial charge in [-0.15, -0.1) is 0 Å². The predicted octanol–water partition coefficient (Wildman–Crippen LogP) is 2.78. The smallest absolute Gasteiger partial charge is 0.165 e. The van der Waals surface area contributed by atoms with Crippen LogP contribution in [0.1, 0.15) is 12.5 Å². The third-order valence-electron chi connectivity index (χ3n) is 2.02. The summed E-state index contributed by atoms with van der Waals surface area (Å²) < 4.78 is 0.717. The van der Waals surface area contributed by atoms with Crippen molar-refractivity contribution in [1.82, 2.24) is 9.97 Å². The summed E-state index contributed by atoms with van der Waals surface area (Å²) in [4.78, 5) is 7.55. The molecule has 0 aliphatic heterocycles. The summed E-state index contributed by atoms with van der Waals surface area (Å²) in [7, 11) is 0. The largest absolute Gasteiger partial charge is 0.504 e. The summed E-state index contributed by atoms with van der Waals surface area (Å²) in [5, 5.41) is 8.88. The van der Waals surface area contributed by atoms with Crippen molar-refractivity contribution < 1.29 is 5.11 Å². The number of halogens is 1. The Morgan fingerprint density at radius 3 is 2.41 bits per heavy atom. The minimum absolute atomic E-state index is 0.00405. The monoisotopic (exact) mass is 295 g/mol. The summed E-state index contributed by atoms with van der Waals surface area (Å²) in [5.74, 6) is 0.155. The van der Waals surface area contributed by atoms with Crippen LogP contribution < -0.4 is 5.73 Å². The molecule has 0 saturated carbocycles. The Bertz CT molecular complexity index is 463. The van der Waals surface area contributed by atoms with Gasteiger partial charge in [-0.2, -0.15) is 0 Å². The summed E-state index contributed by atoms with van der Waals surface area (Å²) in [5.41, 5.74) is 6.55. The molecule has 0 amide bonds. The first-order valence-corrected chi connectivity index (χ1v) is 5.91. The highest BCUT2D eigenvalue weighted by Crippen LogP contribution is 2.20. The van der Waals surface area contributed by atoms with E-state index in [1.807, 2.05) is 24.5 Å². The Kier molecular flexibility index (Phi) is 5.42. The number of anilines is 1. The lowest BCUT2D eigenvalue weighted by atomic mass is 10.2. The van der Waals surface area contributed by atoms with Gasteiger partial charge < -0.3 is 10.8 Å². The molecule has 0 fully saturated rings. The van der Waals surface area contributed by atoms with Crippen LogP contribution in [0.3, 0.4) is 0 Å². The molecule has 90 valence electrons. The third kappa shape index (κ3) is 4.82. The summed E-state index contributed by atoms with van der Waals surface area (Å²) >= 11 is 3.12. The maximum absolute atomic E-state index is 8.88. The van der Waals surface area contributed by atoms with Gasteiger partial charge in [0.25, 0.3) is 0 Å². The van der Waals surface area contributed by atoms with Gasteiger partial charge in [-0.25, -0.2) is 4.98 Å². The lowest BCUT2D eigenvalue weighted by Gasteiger charge is -1.94. The van der Waals surface area contributed by atoms with Gasteiger partial charge in [0.05, 0.1) is 0 Å². The molecule has 0 aromatic carbocycles.